The molecule has 0 saturated carbocycles. The van der Waals surface area contributed by atoms with Gasteiger partial charge in [-0.25, -0.2) is 0 Å². The number of para-hydroxylation sites is 1. The molecule has 0 amide bonds. The molecule has 106 valence electrons. The Morgan fingerprint density at radius 1 is 0.950 bits per heavy atom. The summed E-state index contributed by atoms with van der Waals surface area (Å²) in [5, 5.41) is 0. The number of anilines is 1. The number of hydrogen-bond acceptors (Lipinski definition) is 2. The highest BCUT2D eigenvalue weighted by molar-refractivity contribution is 5.46. The lowest BCUT2D eigenvalue weighted by Gasteiger charge is -2.30. The van der Waals surface area contributed by atoms with Gasteiger partial charge < -0.3 is 9.64 Å². The maximum atomic E-state index is 6.05. The Morgan fingerprint density at radius 2 is 1.60 bits per heavy atom. The van der Waals surface area contributed by atoms with Gasteiger partial charge >= 0.3 is 0 Å². The van der Waals surface area contributed by atoms with Gasteiger partial charge in [-0.2, -0.15) is 0 Å². The van der Waals surface area contributed by atoms with Gasteiger partial charge in [0.25, 0.3) is 0 Å². The maximum Gasteiger partial charge on any atom is 0.169 e. The first-order valence-corrected chi connectivity index (χ1v) is 7.32. The second-order valence-corrected chi connectivity index (χ2v) is 4.84. The second kappa shape index (κ2) is 6.99. The number of rotatable bonds is 6. The number of benzene rings is 2. The third-order valence-corrected chi connectivity index (χ3v) is 3.51. The number of ether oxygens (including phenoxy) is 1. The molecule has 2 nitrogen and oxygen atoms in total. The molecule has 2 aromatic carbocycles. The minimum atomic E-state index is 0.00914. The Bertz CT molecular complexity index is 507. The average molecular weight is 269 g/mol. The lowest BCUT2D eigenvalue weighted by atomic mass is 10.2. The molecule has 2 rings (SSSR count). The van der Waals surface area contributed by atoms with Crippen molar-refractivity contribution in [3.63, 3.8) is 0 Å². The van der Waals surface area contributed by atoms with Gasteiger partial charge in [-0.3, -0.25) is 0 Å². The summed E-state index contributed by atoms with van der Waals surface area (Å²) >= 11 is 0. The molecule has 0 fully saturated rings. The highest BCUT2D eigenvalue weighted by Crippen LogP contribution is 2.20. The van der Waals surface area contributed by atoms with Gasteiger partial charge in [0, 0.05) is 12.2 Å². The van der Waals surface area contributed by atoms with Gasteiger partial charge in [0.2, 0.25) is 0 Å². The highest BCUT2D eigenvalue weighted by Gasteiger charge is 2.13. The van der Waals surface area contributed by atoms with E-state index in [1.165, 1.54) is 11.3 Å². The fraction of sp³-hybridized carbons (Fsp3) is 0.333. The van der Waals surface area contributed by atoms with Gasteiger partial charge in [-0.1, -0.05) is 37.3 Å². The average Bonchev–Trinajstić information content (AvgIpc) is 2.50. The summed E-state index contributed by atoms with van der Waals surface area (Å²) in [6, 6.07) is 18.7. The lowest BCUT2D eigenvalue weighted by Crippen LogP contribution is -2.37. The minimum Gasteiger partial charge on any atom is -0.471 e. The summed E-state index contributed by atoms with van der Waals surface area (Å²) < 4.78 is 6.05. The molecule has 0 saturated heterocycles. The molecule has 0 aliphatic heterocycles. The van der Waals surface area contributed by atoms with Crippen molar-refractivity contribution in [2.75, 3.05) is 11.4 Å². The predicted molar refractivity (Wildman–Crippen MR) is 85.4 cm³/mol. The van der Waals surface area contributed by atoms with E-state index in [-0.39, 0.29) is 6.23 Å². The van der Waals surface area contributed by atoms with Crippen LogP contribution in [0.5, 0.6) is 5.75 Å². The van der Waals surface area contributed by atoms with Crippen molar-refractivity contribution in [3.8, 4) is 5.75 Å². The fourth-order valence-corrected chi connectivity index (χ4v) is 2.33. The molecule has 0 aliphatic rings. The largest absolute Gasteiger partial charge is 0.471 e. The van der Waals surface area contributed by atoms with Crippen LogP contribution in [0.2, 0.25) is 0 Å². The molecule has 2 heteroatoms. The van der Waals surface area contributed by atoms with Crippen LogP contribution < -0.4 is 9.64 Å². The SMILES string of the molecule is CCc1ccc(OC(C)N(CC)c2ccccc2)cc1. The molecule has 0 N–H and O–H groups in total. The number of hydrogen-bond donors (Lipinski definition) is 0. The van der Waals surface area contributed by atoms with Crippen molar-refractivity contribution in [2.45, 2.75) is 33.4 Å². The Balaban J connectivity index is 2.07. The highest BCUT2D eigenvalue weighted by atomic mass is 16.5. The van der Waals surface area contributed by atoms with E-state index in [1.54, 1.807) is 0 Å². The predicted octanol–water partition coefficient (Wildman–Crippen LogP) is 4.50. The smallest absolute Gasteiger partial charge is 0.169 e. The molecule has 0 spiro atoms. The molecule has 0 radical (unpaired) electrons. The van der Waals surface area contributed by atoms with Crippen LogP contribution in [-0.2, 0) is 6.42 Å². The monoisotopic (exact) mass is 269 g/mol. The van der Waals surface area contributed by atoms with E-state index in [2.05, 4.69) is 62.1 Å². The van der Waals surface area contributed by atoms with E-state index in [0.29, 0.717) is 0 Å². The Morgan fingerprint density at radius 3 is 2.15 bits per heavy atom. The quantitative estimate of drug-likeness (QED) is 0.716. The van der Waals surface area contributed by atoms with Crippen LogP contribution >= 0.6 is 0 Å². The molecule has 2 aromatic rings. The van der Waals surface area contributed by atoms with Crippen LogP contribution in [-0.4, -0.2) is 12.8 Å². The van der Waals surface area contributed by atoms with Gasteiger partial charge in [0.15, 0.2) is 6.23 Å². The first kappa shape index (κ1) is 14.4. The first-order chi connectivity index (χ1) is 9.74. The third kappa shape index (κ3) is 3.53. The summed E-state index contributed by atoms with van der Waals surface area (Å²) in [5.41, 5.74) is 2.52. The number of aryl methyl sites for hydroxylation is 1. The van der Waals surface area contributed by atoms with Crippen LogP contribution in [0.1, 0.15) is 26.3 Å². The fourth-order valence-electron chi connectivity index (χ4n) is 2.33. The van der Waals surface area contributed by atoms with Crippen LogP contribution in [0.3, 0.4) is 0 Å². The van der Waals surface area contributed by atoms with Gasteiger partial charge in [-0.05, 0) is 50.1 Å². The molecule has 20 heavy (non-hydrogen) atoms. The molecule has 0 aliphatic carbocycles. The normalized spacial score (nSPS) is 11.9. The van der Waals surface area contributed by atoms with Crippen LogP contribution in [0, 0.1) is 0 Å². The summed E-state index contributed by atoms with van der Waals surface area (Å²) in [5.74, 6) is 0.920. The topological polar surface area (TPSA) is 12.5 Å². The van der Waals surface area contributed by atoms with Crippen molar-refractivity contribution >= 4 is 5.69 Å². The molecule has 0 bridgehead atoms. The Hall–Kier alpha value is -1.96. The van der Waals surface area contributed by atoms with Crippen molar-refractivity contribution in [1.82, 2.24) is 0 Å². The van der Waals surface area contributed by atoms with E-state index in [1.807, 2.05) is 18.2 Å². The summed E-state index contributed by atoms with van der Waals surface area (Å²) in [7, 11) is 0. The maximum absolute atomic E-state index is 6.05. The Kier molecular flexibility index (Phi) is 5.05. The molecule has 1 atom stereocenters. The van der Waals surface area contributed by atoms with Crippen LogP contribution in [0.25, 0.3) is 0 Å². The summed E-state index contributed by atoms with van der Waals surface area (Å²) in [6.07, 6.45) is 1.07. The van der Waals surface area contributed by atoms with Gasteiger partial charge in [0.1, 0.15) is 5.75 Å². The van der Waals surface area contributed by atoms with E-state index in [4.69, 9.17) is 4.74 Å². The molecule has 0 heterocycles. The zero-order valence-electron chi connectivity index (χ0n) is 12.5. The Labute approximate surface area is 122 Å². The van der Waals surface area contributed by atoms with Crippen LogP contribution in [0.15, 0.2) is 54.6 Å². The molecule has 0 aromatic heterocycles. The van der Waals surface area contributed by atoms with Crippen molar-refractivity contribution in [1.29, 1.82) is 0 Å². The van der Waals surface area contributed by atoms with E-state index in [0.717, 1.165) is 18.7 Å². The summed E-state index contributed by atoms with van der Waals surface area (Å²) in [4.78, 5) is 2.24. The minimum absolute atomic E-state index is 0.00914. The van der Waals surface area contributed by atoms with E-state index >= 15 is 0 Å². The standard InChI is InChI=1S/C18H23NO/c1-4-16-11-13-18(14-12-16)20-15(3)19(5-2)17-9-7-6-8-10-17/h6-15H,4-5H2,1-3H3. The van der Waals surface area contributed by atoms with E-state index in [9.17, 15) is 0 Å². The lowest BCUT2D eigenvalue weighted by molar-refractivity contribution is 0.216. The van der Waals surface area contributed by atoms with Gasteiger partial charge in [-0.15, -0.1) is 0 Å². The van der Waals surface area contributed by atoms with E-state index < -0.39 is 0 Å². The van der Waals surface area contributed by atoms with Gasteiger partial charge in [0.05, 0.1) is 0 Å². The molecular formula is C18H23NO. The molecular weight excluding hydrogens is 246 g/mol. The van der Waals surface area contributed by atoms with Crippen molar-refractivity contribution in [2.24, 2.45) is 0 Å². The van der Waals surface area contributed by atoms with Crippen LogP contribution in [0.4, 0.5) is 5.69 Å². The van der Waals surface area contributed by atoms with Crippen molar-refractivity contribution in [3.05, 3.63) is 60.2 Å². The third-order valence-electron chi connectivity index (χ3n) is 3.51. The second-order valence-electron chi connectivity index (χ2n) is 4.84. The molecule has 1 unspecified atom stereocenters. The number of nitrogens with zero attached hydrogens (tertiary/aromatic N) is 1. The zero-order chi connectivity index (χ0) is 14.4. The van der Waals surface area contributed by atoms with Crippen molar-refractivity contribution < 1.29 is 4.74 Å². The zero-order valence-corrected chi connectivity index (χ0v) is 12.5. The summed E-state index contributed by atoms with van der Waals surface area (Å²) in [6.45, 7) is 7.31. The first-order valence-electron chi connectivity index (χ1n) is 7.32.